The summed E-state index contributed by atoms with van der Waals surface area (Å²) in [7, 11) is 0. The van der Waals surface area contributed by atoms with Crippen LogP contribution in [0.1, 0.15) is 36.1 Å². The first-order valence-corrected chi connectivity index (χ1v) is 6.27. The number of hydrogen-bond acceptors (Lipinski definition) is 2. The van der Waals surface area contributed by atoms with E-state index in [1.54, 1.807) is 6.07 Å². The zero-order valence-electron chi connectivity index (χ0n) is 10.5. The second-order valence-corrected chi connectivity index (χ2v) is 4.45. The van der Waals surface area contributed by atoms with E-state index in [9.17, 15) is 10.2 Å². The second-order valence-electron chi connectivity index (χ2n) is 4.45. The van der Waals surface area contributed by atoms with Gasteiger partial charge in [-0.25, -0.2) is 0 Å². The Kier molecular flexibility index (Phi) is 4.00. The molecule has 0 radical (unpaired) electrons. The van der Waals surface area contributed by atoms with Crippen LogP contribution in [0.5, 0.6) is 5.75 Å². The number of benzene rings is 2. The van der Waals surface area contributed by atoms with Crippen LogP contribution in [0.4, 0.5) is 0 Å². The van der Waals surface area contributed by atoms with Crippen LogP contribution in [-0.2, 0) is 6.42 Å². The third-order valence-electron chi connectivity index (χ3n) is 3.06. The van der Waals surface area contributed by atoms with Crippen LogP contribution >= 0.6 is 0 Å². The second kappa shape index (κ2) is 5.69. The molecule has 0 bridgehead atoms. The van der Waals surface area contributed by atoms with Crippen molar-refractivity contribution in [1.82, 2.24) is 0 Å². The van der Waals surface area contributed by atoms with Crippen LogP contribution in [0.3, 0.4) is 0 Å². The van der Waals surface area contributed by atoms with E-state index in [0.29, 0.717) is 0 Å². The minimum Gasteiger partial charge on any atom is -0.508 e. The zero-order chi connectivity index (χ0) is 13.0. The SMILES string of the molecule is CCCc1ccc(C(O)c2ccccc2)cc1O. The summed E-state index contributed by atoms with van der Waals surface area (Å²) >= 11 is 0. The predicted molar refractivity (Wildman–Crippen MR) is 72.6 cm³/mol. The molecule has 2 N–H and O–H groups in total. The van der Waals surface area contributed by atoms with Gasteiger partial charge in [-0.05, 0) is 29.2 Å². The first-order valence-electron chi connectivity index (χ1n) is 6.27. The number of aryl methyl sites for hydroxylation is 1. The molecule has 0 fully saturated rings. The number of aromatic hydroxyl groups is 1. The van der Waals surface area contributed by atoms with Crippen LogP contribution < -0.4 is 0 Å². The largest absolute Gasteiger partial charge is 0.508 e. The molecule has 0 heterocycles. The summed E-state index contributed by atoms with van der Waals surface area (Å²) in [4.78, 5) is 0. The lowest BCUT2D eigenvalue weighted by Gasteiger charge is -2.13. The fourth-order valence-electron chi connectivity index (χ4n) is 2.06. The Hall–Kier alpha value is -1.80. The maximum absolute atomic E-state index is 10.2. The number of hydrogen-bond donors (Lipinski definition) is 2. The quantitative estimate of drug-likeness (QED) is 0.862. The zero-order valence-corrected chi connectivity index (χ0v) is 10.5. The molecular formula is C16H18O2. The summed E-state index contributed by atoms with van der Waals surface area (Å²) in [5, 5.41) is 20.1. The molecule has 2 rings (SSSR count). The molecule has 0 aromatic heterocycles. The molecule has 94 valence electrons. The summed E-state index contributed by atoms with van der Waals surface area (Å²) in [6.45, 7) is 2.08. The number of aliphatic hydroxyl groups is 1. The third kappa shape index (κ3) is 2.71. The molecule has 1 unspecified atom stereocenters. The van der Waals surface area contributed by atoms with Crippen LogP contribution in [0.15, 0.2) is 48.5 Å². The molecular weight excluding hydrogens is 224 g/mol. The molecule has 0 amide bonds. The Balaban J connectivity index is 2.26. The van der Waals surface area contributed by atoms with Gasteiger partial charge in [0.15, 0.2) is 0 Å². The summed E-state index contributed by atoms with van der Waals surface area (Å²) in [5.41, 5.74) is 2.49. The number of rotatable bonds is 4. The summed E-state index contributed by atoms with van der Waals surface area (Å²) in [6.07, 6.45) is 1.16. The molecule has 0 aliphatic rings. The maximum atomic E-state index is 10.2. The number of phenols is 1. The predicted octanol–water partition coefficient (Wildman–Crippen LogP) is 3.43. The fraction of sp³-hybridized carbons (Fsp3) is 0.250. The van der Waals surface area contributed by atoms with Crippen molar-refractivity contribution in [2.75, 3.05) is 0 Å². The maximum Gasteiger partial charge on any atom is 0.119 e. The number of phenolic OH excluding ortho intramolecular Hbond substituents is 1. The van der Waals surface area contributed by atoms with Crippen molar-refractivity contribution in [2.45, 2.75) is 25.9 Å². The average molecular weight is 242 g/mol. The van der Waals surface area contributed by atoms with E-state index in [0.717, 1.165) is 29.5 Å². The Morgan fingerprint density at radius 2 is 1.72 bits per heavy atom. The lowest BCUT2D eigenvalue weighted by Crippen LogP contribution is -1.99. The van der Waals surface area contributed by atoms with E-state index in [-0.39, 0.29) is 5.75 Å². The van der Waals surface area contributed by atoms with Gasteiger partial charge in [0.25, 0.3) is 0 Å². The van der Waals surface area contributed by atoms with Crippen molar-refractivity contribution < 1.29 is 10.2 Å². The van der Waals surface area contributed by atoms with E-state index in [1.165, 1.54) is 0 Å². The molecule has 2 aromatic rings. The topological polar surface area (TPSA) is 40.5 Å². The van der Waals surface area contributed by atoms with Crippen LogP contribution in [-0.4, -0.2) is 10.2 Å². The first-order chi connectivity index (χ1) is 8.72. The van der Waals surface area contributed by atoms with Gasteiger partial charge >= 0.3 is 0 Å². The van der Waals surface area contributed by atoms with E-state index in [4.69, 9.17) is 0 Å². The highest BCUT2D eigenvalue weighted by molar-refractivity contribution is 5.40. The first kappa shape index (κ1) is 12.7. The van der Waals surface area contributed by atoms with Gasteiger partial charge in [-0.3, -0.25) is 0 Å². The van der Waals surface area contributed by atoms with Gasteiger partial charge in [0.05, 0.1) is 0 Å². The molecule has 2 aromatic carbocycles. The van der Waals surface area contributed by atoms with Crippen LogP contribution in [0, 0.1) is 0 Å². The molecule has 0 saturated heterocycles. The Labute approximate surface area is 108 Å². The van der Waals surface area contributed by atoms with Crippen molar-refractivity contribution in [1.29, 1.82) is 0 Å². The lowest BCUT2D eigenvalue weighted by atomic mass is 9.99. The smallest absolute Gasteiger partial charge is 0.119 e. The summed E-state index contributed by atoms with van der Waals surface area (Å²) in [5.74, 6) is 0.268. The summed E-state index contributed by atoms with van der Waals surface area (Å²) in [6, 6.07) is 14.9. The van der Waals surface area contributed by atoms with Crippen molar-refractivity contribution in [2.24, 2.45) is 0 Å². The standard InChI is InChI=1S/C16H18O2/c1-2-6-12-9-10-14(11-15(12)17)16(18)13-7-4-3-5-8-13/h3-5,7-11,16-18H,2,6H2,1H3. The molecule has 0 spiro atoms. The van der Waals surface area contributed by atoms with Gasteiger partial charge in [0.1, 0.15) is 11.9 Å². The van der Waals surface area contributed by atoms with Gasteiger partial charge < -0.3 is 10.2 Å². The van der Waals surface area contributed by atoms with E-state index in [1.807, 2.05) is 42.5 Å². The third-order valence-corrected chi connectivity index (χ3v) is 3.06. The Morgan fingerprint density at radius 3 is 2.33 bits per heavy atom. The molecule has 1 atom stereocenters. The van der Waals surface area contributed by atoms with Gasteiger partial charge in [0.2, 0.25) is 0 Å². The van der Waals surface area contributed by atoms with Gasteiger partial charge in [0, 0.05) is 0 Å². The van der Waals surface area contributed by atoms with Crippen molar-refractivity contribution >= 4 is 0 Å². The molecule has 0 aliphatic carbocycles. The minimum absolute atomic E-state index is 0.268. The van der Waals surface area contributed by atoms with Crippen LogP contribution in [0.25, 0.3) is 0 Å². The molecule has 0 saturated carbocycles. The van der Waals surface area contributed by atoms with E-state index in [2.05, 4.69) is 6.92 Å². The lowest BCUT2D eigenvalue weighted by molar-refractivity contribution is 0.220. The fourth-order valence-corrected chi connectivity index (χ4v) is 2.06. The minimum atomic E-state index is -0.687. The van der Waals surface area contributed by atoms with E-state index >= 15 is 0 Å². The van der Waals surface area contributed by atoms with Gasteiger partial charge in [-0.2, -0.15) is 0 Å². The van der Waals surface area contributed by atoms with E-state index < -0.39 is 6.10 Å². The van der Waals surface area contributed by atoms with Crippen molar-refractivity contribution in [3.63, 3.8) is 0 Å². The van der Waals surface area contributed by atoms with Crippen molar-refractivity contribution in [3.8, 4) is 5.75 Å². The highest BCUT2D eigenvalue weighted by Gasteiger charge is 2.11. The summed E-state index contributed by atoms with van der Waals surface area (Å²) < 4.78 is 0. The highest BCUT2D eigenvalue weighted by Crippen LogP contribution is 2.27. The molecule has 18 heavy (non-hydrogen) atoms. The Bertz CT molecular complexity index is 506. The number of aliphatic hydroxyl groups excluding tert-OH is 1. The van der Waals surface area contributed by atoms with Gasteiger partial charge in [-0.1, -0.05) is 55.8 Å². The monoisotopic (exact) mass is 242 g/mol. The average Bonchev–Trinajstić information content (AvgIpc) is 2.41. The molecule has 2 heteroatoms. The normalized spacial score (nSPS) is 12.3. The van der Waals surface area contributed by atoms with Gasteiger partial charge in [-0.15, -0.1) is 0 Å². The molecule has 0 aliphatic heterocycles. The highest BCUT2D eigenvalue weighted by atomic mass is 16.3. The van der Waals surface area contributed by atoms with Crippen molar-refractivity contribution in [3.05, 3.63) is 65.2 Å². The molecule has 2 nitrogen and oxygen atoms in total. The van der Waals surface area contributed by atoms with Crippen LogP contribution in [0.2, 0.25) is 0 Å². The Morgan fingerprint density at radius 1 is 1.00 bits per heavy atom.